The standard InChI is InChI=1S/C22H26N2O5S/c1-4-5-7-16-13-30-21-20(16)19(15-8-6-9-17(12-15)24(26)27)18(14(2)23-21)22(25)29-11-10-28-3/h6,8-9,12-13,19,23H,4-5,7,10-11H2,1-3H3. The molecule has 0 spiro atoms. The minimum absolute atomic E-state index is 0.00248. The number of allylic oxidation sites excluding steroid dienone is 1. The van der Waals surface area contributed by atoms with E-state index in [0.29, 0.717) is 23.4 Å². The van der Waals surface area contributed by atoms with Gasteiger partial charge in [0.05, 0.1) is 22.1 Å². The van der Waals surface area contributed by atoms with E-state index in [1.54, 1.807) is 30.6 Å². The van der Waals surface area contributed by atoms with Gasteiger partial charge in [0.25, 0.3) is 5.69 Å². The molecular weight excluding hydrogens is 404 g/mol. The molecule has 30 heavy (non-hydrogen) atoms. The molecular formula is C22H26N2O5S. The van der Waals surface area contributed by atoms with Crippen LogP contribution in [-0.2, 0) is 20.7 Å². The average Bonchev–Trinajstić information content (AvgIpc) is 3.13. The Balaban J connectivity index is 2.11. The third-order valence-electron chi connectivity index (χ3n) is 5.15. The maximum atomic E-state index is 13.0. The maximum absolute atomic E-state index is 13.0. The number of carbonyl (C=O) groups is 1. The zero-order valence-corrected chi connectivity index (χ0v) is 18.2. The summed E-state index contributed by atoms with van der Waals surface area (Å²) in [5.41, 5.74) is 4.07. The lowest BCUT2D eigenvalue weighted by atomic mass is 9.80. The quantitative estimate of drug-likeness (QED) is 0.260. The first kappa shape index (κ1) is 22.0. The number of anilines is 1. The minimum atomic E-state index is -0.438. The zero-order valence-electron chi connectivity index (χ0n) is 17.4. The number of nitro groups is 1. The molecule has 8 heteroatoms. The summed E-state index contributed by atoms with van der Waals surface area (Å²) in [5.74, 6) is -0.860. The van der Waals surface area contributed by atoms with Crippen molar-refractivity contribution in [3.05, 3.63) is 67.7 Å². The summed E-state index contributed by atoms with van der Waals surface area (Å²) in [6.07, 6.45) is 2.97. The van der Waals surface area contributed by atoms with Gasteiger partial charge in [-0.3, -0.25) is 10.1 Å². The van der Waals surface area contributed by atoms with Gasteiger partial charge in [0, 0.05) is 36.4 Å². The number of hydrogen-bond donors (Lipinski definition) is 1. The van der Waals surface area contributed by atoms with Gasteiger partial charge in [-0.15, -0.1) is 11.3 Å². The Bertz CT molecular complexity index is 966. The van der Waals surface area contributed by atoms with E-state index in [1.165, 1.54) is 6.07 Å². The van der Waals surface area contributed by atoms with Crippen LogP contribution in [0.2, 0.25) is 0 Å². The van der Waals surface area contributed by atoms with Gasteiger partial charge in [-0.2, -0.15) is 0 Å². The number of hydrogen-bond acceptors (Lipinski definition) is 7. The Hall–Kier alpha value is -2.71. The number of nitro benzene ring substituents is 1. The van der Waals surface area contributed by atoms with Crippen LogP contribution in [0.15, 0.2) is 40.9 Å². The van der Waals surface area contributed by atoms with Gasteiger partial charge < -0.3 is 14.8 Å². The van der Waals surface area contributed by atoms with Crippen LogP contribution in [0.1, 0.15) is 49.3 Å². The Morgan fingerprint density at radius 1 is 1.33 bits per heavy atom. The molecule has 0 radical (unpaired) electrons. The topological polar surface area (TPSA) is 90.7 Å². The molecule has 1 aliphatic heterocycles. The SMILES string of the molecule is CCCCc1csc2c1C(c1cccc([N+](=O)[O-])c1)C(C(=O)OCCOC)=C(C)N2. The second kappa shape index (κ2) is 9.86. The Kier molecular flexibility index (Phi) is 7.23. The number of aryl methyl sites for hydroxylation is 1. The zero-order chi connectivity index (χ0) is 21.7. The van der Waals surface area contributed by atoms with Gasteiger partial charge in [0.1, 0.15) is 6.61 Å². The first-order chi connectivity index (χ1) is 14.5. The molecule has 0 bridgehead atoms. The second-order valence-corrected chi connectivity index (χ2v) is 8.06. The Morgan fingerprint density at radius 2 is 2.13 bits per heavy atom. The summed E-state index contributed by atoms with van der Waals surface area (Å²) >= 11 is 1.60. The average molecular weight is 431 g/mol. The summed E-state index contributed by atoms with van der Waals surface area (Å²) in [5, 5.41) is 17.8. The number of ether oxygens (including phenoxy) is 2. The van der Waals surface area contributed by atoms with Crippen molar-refractivity contribution >= 4 is 28.0 Å². The molecule has 7 nitrogen and oxygen atoms in total. The van der Waals surface area contributed by atoms with E-state index in [9.17, 15) is 14.9 Å². The first-order valence-corrected chi connectivity index (χ1v) is 10.8. The lowest BCUT2D eigenvalue weighted by Crippen LogP contribution is -2.25. The molecule has 1 aromatic carbocycles. The predicted octanol–water partition coefficient (Wildman–Crippen LogP) is 5.02. The lowest BCUT2D eigenvalue weighted by Gasteiger charge is -2.29. The van der Waals surface area contributed by atoms with Crippen LogP contribution in [-0.4, -0.2) is 31.2 Å². The van der Waals surface area contributed by atoms with Crippen LogP contribution >= 0.6 is 11.3 Å². The van der Waals surface area contributed by atoms with Gasteiger partial charge in [-0.25, -0.2) is 4.79 Å². The molecule has 2 aromatic rings. The molecule has 1 unspecified atom stereocenters. The van der Waals surface area contributed by atoms with Crippen LogP contribution in [0.4, 0.5) is 10.7 Å². The van der Waals surface area contributed by atoms with Crippen LogP contribution in [0.25, 0.3) is 0 Å². The number of esters is 1. The highest BCUT2D eigenvalue weighted by Gasteiger charge is 2.36. The number of unbranched alkanes of at least 4 members (excludes halogenated alkanes) is 1. The summed E-state index contributed by atoms with van der Waals surface area (Å²) in [6.45, 7) is 4.43. The van der Waals surface area contributed by atoms with Crippen molar-refractivity contribution in [2.45, 2.75) is 39.0 Å². The van der Waals surface area contributed by atoms with Crippen molar-refractivity contribution in [3.8, 4) is 0 Å². The van der Waals surface area contributed by atoms with Crippen LogP contribution in [0.5, 0.6) is 0 Å². The van der Waals surface area contributed by atoms with Crippen molar-refractivity contribution in [1.82, 2.24) is 0 Å². The maximum Gasteiger partial charge on any atom is 0.336 e. The van der Waals surface area contributed by atoms with Crippen LogP contribution < -0.4 is 5.32 Å². The van der Waals surface area contributed by atoms with Crippen molar-refractivity contribution in [2.24, 2.45) is 0 Å². The summed E-state index contributed by atoms with van der Waals surface area (Å²) in [4.78, 5) is 24.0. The molecule has 0 fully saturated rings. The second-order valence-electron chi connectivity index (χ2n) is 7.18. The number of fused-ring (bicyclic) bond motifs is 1. The molecule has 1 aliphatic rings. The van der Waals surface area contributed by atoms with E-state index < -0.39 is 16.8 Å². The number of non-ortho nitro benzene ring substituents is 1. The number of benzene rings is 1. The van der Waals surface area contributed by atoms with E-state index in [4.69, 9.17) is 9.47 Å². The number of thiophene rings is 1. The van der Waals surface area contributed by atoms with Crippen molar-refractivity contribution < 1.29 is 19.2 Å². The number of methoxy groups -OCH3 is 1. The Morgan fingerprint density at radius 3 is 2.83 bits per heavy atom. The fraction of sp³-hybridized carbons (Fsp3) is 0.409. The molecule has 0 saturated carbocycles. The van der Waals surface area contributed by atoms with E-state index in [2.05, 4.69) is 17.6 Å². The van der Waals surface area contributed by atoms with Gasteiger partial charge in [0.2, 0.25) is 0 Å². The first-order valence-electron chi connectivity index (χ1n) is 9.96. The van der Waals surface area contributed by atoms with E-state index >= 15 is 0 Å². The van der Waals surface area contributed by atoms with Crippen molar-refractivity contribution in [3.63, 3.8) is 0 Å². The summed E-state index contributed by atoms with van der Waals surface area (Å²) in [7, 11) is 1.55. The molecule has 0 aliphatic carbocycles. The van der Waals surface area contributed by atoms with E-state index in [0.717, 1.165) is 35.4 Å². The van der Waals surface area contributed by atoms with E-state index in [-0.39, 0.29) is 12.3 Å². The normalized spacial score (nSPS) is 15.5. The van der Waals surface area contributed by atoms with Crippen LogP contribution in [0, 0.1) is 10.1 Å². The van der Waals surface area contributed by atoms with Crippen LogP contribution in [0.3, 0.4) is 0 Å². The third-order valence-corrected chi connectivity index (χ3v) is 6.11. The highest BCUT2D eigenvalue weighted by molar-refractivity contribution is 7.14. The Labute approximate surface area is 179 Å². The molecule has 0 saturated heterocycles. The number of rotatable bonds is 9. The van der Waals surface area contributed by atoms with E-state index in [1.807, 2.05) is 13.0 Å². The molecule has 1 aromatic heterocycles. The molecule has 160 valence electrons. The van der Waals surface area contributed by atoms with Gasteiger partial charge in [-0.05, 0) is 36.3 Å². The molecule has 1 atom stereocenters. The molecule has 3 rings (SSSR count). The summed E-state index contributed by atoms with van der Waals surface area (Å²) < 4.78 is 10.4. The fourth-order valence-corrected chi connectivity index (χ4v) is 4.79. The number of nitrogens with zero attached hydrogens (tertiary/aromatic N) is 1. The number of nitrogens with one attached hydrogen (secondary N) is 1. The lowest BCUT2D eigenvalue weighted by molar-refractivity contribution is -0.384. The molecule has 1 N–H and O–H groups in total. The van der Waals surface area contributed by atoms with Gasteiger partial charge >= 0.3 is 5.97 Å². The van der Waals surface area contributed by atoms with Crippen molar-refractivity contribution in [1.29, 1.82) is 0 Å². The smallest absolute Gasteiger partial charge is 0.336 e. The van der Waals surface area contributed by atoms with Gasteiger partial charge in [-0.1, -0.05) is 25.5 Å². The van der Waals surface area contributed by atoms with Crippen molar-refractivity contribution in [2.75, 3.05) is 25.6 Å². The molecule has 0 amide bonds. The van der Waals surface area contributed by atoms with Gasteiger partial charge in [0.15, 0.2) is 0 Å². The number of carbonyl (C=O) groups excluding carboxylic acids is 1. The minimum Gasteiger partial charge on any atom is -0.460 e. The third kappa shape index (κ3) is 4.55. The highest BCUT2D eigenvalue weighted by Crippen LogP contribution is 2.47. The summed E-state index contributed by atoms with van der Waals surface area (Å²) in [6, 6.07) is 6.52. The molecule has 2 heterocycles. The fourth-order valence-electron chi connectivity index (χ4n) is 3.69. The monoisotopic (exact) mass is 430 g/mol. The predicted molar refractivity (Wildman–Crippen MR) is 117 cm³/mol. The highest BCUT2D eigenvalue weighted by atomic mass is 32.1. The largest absolute Gasteiger partial charge is 0.460 e.